The van der Waals surface area contributed by atoms with E-state index in [9.17, 15) is 4.79 Å². The lowest BCUT2D eigenvalue weighted by Crippen LogP contribution is -2.46. The molecule has 2 aliphatic rings. The molecule has 2 aliphatic heterocycles. The molecule has 1 atom stereocenters. The molecule has 1 amide bonds. The zero-order valence-corrected chi connectivity index (χ0v) is 15.5. The molecule has 2 heterocycles. The Kier molecular flexibility index (Phi) is 6.32. The van der Waals surface area contributed by atoms with E-state index in [0.717, 1.165) is 50.3 Å². The summed E-state index contributed by atoms with van der Waals surface area (Å²) in [5, 5.41) is 3.21. The summed E-state index contributed by atoms with van der Waals surface area (Å²) in [6.45, 7) is 4.09. The van der Waals surface area contributed by atoms with Gasteiger partial charge in [0, 0.05) is 52.1 Å². The molecular formula is C20H31N3O2. The highest BCUT2D eigenvalue weighted by atomic mass is 16.5. The molecule has 5 nitrogen and oxygen atoms in total. The Morgan fingerprint density at radius 1 is 1.20 bits per heavy atom. The lowest BCUT2D eigenvalue weighted by molar-refractivity contribution is -0.121. The average molecular weight is 345 g/mol. The smallest absolute Gasteiger partial charge is 0.224 e. The van der Waals surface area contributed by atoms with E-state index < -0.39 is 0 Å². The van der Waals surface area contributed by atoms with Gasteiger partial charge in [0.15, 0.2) is 0 Å². The first-order valence-corrected chi connectivity index (χ1v) is 9.50. The number of hydrogen-bond donors (Lipinski definition) is 1. The predicted octanol–water partition coefficient (Wildman–Crippen LogP) is 2.05. The number of anilines is 1. The normalized spacial score (nSPS) is 22.1. The fourth-order valence-electron chi connectivity index (χ4n) is 3.71. The number of nitrogens with one attached hydrogen (secondary N) is 1. The lowest BCUT2D eigenvalue weighted by atomic mass is 10.0. The summed E-state index contributed by atoms with van der Waals surface area (Å²) in [7, 11) is 4.04. The van der Waals surface area contributed by atoms with Crippen LogP contribution >= 0.6 is 0 Å². The van der Waals surface area contributed by atoms with Gasteiger partial charge in [0.2, 0.25) is 5.91 Å². The van der Waals surface area contributed by atoms with Gasteiger partial charge in [-0.3, -0.25) is 4.79 Å². The minimum absolute atomic E-state index is 0.134. The van der Waals surface area contributed by atoms with E-state index in [1.165, 1.54) is 12.8 Å². The first-order chi connectivity index (χ1) is 12.1. The molecule has 2 fully saturated rings. The Morgan fingerprint density at radius 2 is 1.92 bits per heavy atom. The first-order valence-electron chi connectivity index (χ1n) is 9.50. The van der Waals surface area contributed by atoms with Crippen molar-refractivity contribution in [2.24, 2.45) is 0 Å². The molecule has 0 bridgehead atoms. The first kappa shape index (κ1) is 18.2. The molecule has 0 radical (unpaired) electrons. The highest BCUT2D eigenvalue weighted by Gasteiger charge is 2.24. The van der Waals surface area contributed by atoms with Gasteiger partial charge in [-0.25, -0.2) is 0 Å². The Morgan fingerprint density at radius 3 is 2.52 bits per heavy atom. The van der Waals surface area contributed by atoms with Gasteiger partial charge in [-0.1, -0.05) is 12.1 Å². The summed E-state index contributed by atoms with van der Waals surface area (Å²) in [6.07, 6.45) is 5.37. The van der Waals surface area contributed by atoms with Crippen LogP contribution in [0.4, 0.5) is 5.69 Å². The zero-order chi connectivity index (χ0) is 17.6. The van der Waals surface area contributed by atoms with Crippen LogP contribution in [0, 0.1) is 0 Å². The molecule has 1 unspecified atom stereocenters. The van der Waals surface area contributed by atoms with Crippen LogP contribution in [-0.2, 0) is 16.0 Å². The van der Waals surface area contributed by atoms with Crippen LogP contribution in [0.3, 0.4) is 0 Å². The maximum atomic E-state index is 12.3. The molecule has 1 aromatic carbocycles. The van der Waals surface area contributed by atoms with Gasteiger partial charge in [0.1, 0.15) is 0 Å². The van der Waals surface area contributed by atoms with Crippen molar-refractivity contribution < 1.29 is 9.53 Å². The van der Waals surface area contributed by atoms with E-state index >= 15 is 0 Å². The van der Waals surface area contributed by atoms with Crippen molar-refractivity contribution in [1.29, 1.82) is 0 Å². The summed E-state index contributed by atoms with van der Waals surface area (Å²) >= 11 is 0. The number of amides is 1. The fourth-order valence-corrected chi connectivity index (χ4v) is 3.71. The average Bonchev–Trinajstić information content (AvgIpc) is 3.10. The second-order valence-electron chi connectivity index (χ2n) is 7.52. The van der Waals surface area contributed by atoms with Crippen molar-refractivity contribution in [3.05, 3.63) is 29.8 Å². The van der Waals surface area contributed by atoms with Crippen LogP contribution in [-0.4, -0.2) is 63.3 Å². The van der Waals surface area contributed by atoms with Crippen LogP contribution < -0.4 is 10.2 Å². The van der Waals surface area contributed by atoms with Crippen LogP contribution in [0.2, 0.25) is 0 Å². The van der Waals surface area contributed by atoms with E-state index in [4.69, 9.17) is 4.74 Å². The van der Waals surface area contributed by atoms with Gasteiger partial charge < -0.3 is 19.9 Å². The molecule has 0 aromatic heterocycles. The van der Waals surface area contributed by atoms with Crippen LogP contribution in [0.25, 0.3) is 0 Å². The van der Waals surface area contributed by atoms with Gasteiger partial charge in [0.25, 0.3) is 0 Å². The summed E-state index contributed by atoms with van der Waals surface area (Å²) in [4.78, 5) is 16.9. The van der Waals surface area contributed by atoms with Crippen molar-refractivity contribution in [3.8, 4) is 0 Å². The van der Waals surface area contributed by atoms with Crippen molar-refractivity contribution in [3.63, 3.8) is 0 Å². The Labute approximate surface area is 151 Å². The summed E-state index contributed by atoms with van der Waals surface area (Å²) in [5.74, 6) is 0.134. The third-order valence-electron chi connectivity index (χ3n) is 5.26. The number of rotatable bonds is 6. The van der Waals surface area contributed by atoms with Gasteiger partial charge >= 0.3 is 0 Å². The fraction of sp³-hybridized carbons (Fsp3) is 0.650. The molecular weight excluding hydrogens is 314 g/mol. The van der Waals surface area contributed by atoms with Crippen molar-refractivity contribution in [1.82, 2.24) is 10.2 Å². The number of hydrogen-bond acceptors (Lipinski definition) is 4. The van der Waals surface area contributed by atoms with E-state index in [-0.39, 0.29) is 5.91 Å². The quantitative estimate of drug-likeness (QED) is 0.857. The van der Waals surface area contributed by atoms with Gasteiger partial charge in [-0.15, -0.1) is 0 Å². The van der Waals surface area contributed by atoms with Crippen molar-refractivity contribution >= 4 is 11.6 Å². The molecule has 3 rings (SSSR count). The molecule has 1 aromatic rings. The maximum absolute atomic E-state index is 12.3. The monoisotopic (exact) mass is 345 g/mol. The number of ether oxygens (including phenoxy) is 1. The maximum Gasteiger partial charge on any atom is 0.224 e. The third-order valence-corrected chi connectivity index (χ3v) is 5.26. The topological polar surface area (TPSA) is 44.8 Å². The standard InChI is InChI=1S/C20H31N3O2/c1-22(2)18-7-5-16(6-8-18)14-20(24)21-17-9-11-23(12-10-17)15-19-4-3-13-25-19/h5-8,17,19H,3-4,9-15H2,1-2H3,(H,21,24). The lowest BCUT2D eigenvalue weighted by Gasteiger charge is -2.33. The number of piperidine rings is 1. The molecule has 2 saturated heterocycles. The second-order valence-corrected chi connectivity index (χ2v) is 7.52. The Bertz CT molecular complexity index is 545. The van der Waals surface area contributed by atoms with Gasteiger partial charge in [-0.2, -0.15) is 0 Å². The number of nitrogens with zero attached hydrogens (tertiary/aromatic N) is 2. The van der Waals surface area contributed by atoms with Gasteiger partial charge in [-0.05, 0) is 43.4 Å². The van der Waals surface area contributed by atoms with Crippen molar-refractivity contribution in [2.45, 2.75) is 44.2 Å². The molecule has 0 saturated carbocycles. The number of likely N-dealkylation sites (tertiary alicyclic amines) is 1. The van der Waals surface area contributed by atoms with Crippen LogP contribution in [0.5, 0.6) is 0 Å². The molecule has 0 aliphatic carbocycles. The molecule has 138 valence electrons. The molecule has 5 heteroatoms. The Balaban J connectivity index is 1.38. The van der Waals surface area contributed by atoms with Crippen LogP contribution in [0.15, 0.2) is 24.3 Å². The van der Waals surface area contributed by atoms with Crippen molar-refractivity contribution in [2.75, 3.05) is 45.2 Å². The summed E-state index contributed by atoms with van der Waals surface area (Å²) in [6, 6.07) is 8.52. The van der Waals surface area contributed by atoms with E-state index in [1.54, 1.807) is 0 Å². The minimum Gasteiger partial charge on any atom is -0.378 e. The zero-order valence-electron chi connectivity index (χ0n) is 15.5. The molecule has 1 N–H and O–H groups in total. The highest BCUT2D eigenvalue weighted by Crippen LogP contribution is 2.17. The largest absolute Gasteiger partial charge is 0.378 e. The Hall–Kier alpha value is -1.59. The number of carbonyl (C=O) groups excluding carboxylic acids is 1. The van der Waals surface area contributed by atoms with E-state index in [0.29, 0.717) is 18.6 Å². The predicted molar refractivity (Wildman–Crippen MR) is 101 cm³/mol. The van der Waals surface area contributed by atoms with E-state index in [2.05, 4.69) is 27.2 Å². The molecule has 0 spiro atoms. The summed E-state index contributed by atoms with van der Waals surface area (Å²) in [5.41, 5.74) is 2.22. The second kappa shape index (κ2) is 8.68. The summed E-state index contributed by atoms with van der Waals surface area (Å²) < 4.78 is 5.72. The third kappa shape index (κ3) is 5.44. The minimum atomic E-state index is 0.134. The van der Waals surface area contributed by atoms with Crippen LogP contribution in [0.1, 0.15) is 31.2 Å². The van der Waals surface area contributed by atoms with Gasteiger partial charge in [0.05, 0.1) is 12.5 Å². The molecule has 25 heavy (non-hydrogen) atoms. The SMILES string of the molecule is CN(C)c1ccc(CC(=O)NC2CCN(CC3CCCO3)CC2)cc1. The number of benzene rings is 1. The number of carbonyl (C=O) groups is 1. The highest BCUT2D eigenvalue weighted by molar-refractivity contribution is 5.79. The van der Waals surface area contributed by atoms with E-state index in [1.807, 2.05) is 26.2 Å².